The van der Waals surface area contributed by atoms with E-state index >= 15 is 0 Å². The highest BCUT2D eigenvalue weighted by molar-refractivity contribution is 5.95. The third-order valence-electron chi connectivity index (χ3n) is 6.58. The van der Waals surface area contributed by atoms with E-state index in [1.165, 1.54) is 0 Å². The maximum Gasteiger partial charge on any atom is 0.336 e. The van der Waals surface area contributed by atoms with Crippen LogP contribution >= 0.6 is 0 Å². The normalized spacial score (nSPS) is 14.5. The quantitative estimate of drug-likeness (QED) is 0.339. The van der Waals surface area contributed by atoms with Gasteiger partial charge in [0.15, 0.2) is 0 Å². The Kier molecular flexibility index (Phi) is 6.64. The summed E-state index contributed by atoms with van der Waals surface area (Å²) in [6.45, 7) is 3.83. The smallest absolute Gasteiger partial charge is 0.336 e. The highest BCUT2D eigenvalue weighted by Gasteiger charge is 2.38. The van der Waals surface area contributed by atoms with Crippen LogP contribution in [0.4, 0.5) is 5.69 Å². The molecule has 0 saturated heterocycles. The Bertz CT molecular complexity index is 1540. The third-order valence-corrected chi connectivity index (χ3v) is 6.58. The monoisotopic (exact) mass is 492 g/mol. The number of rotatable bonds is 6. The molecule has 5 rings (SSSR count). The van der Waals surface area contributed by atoms with Crippen molar-refractivity contribution in [2.75, 3.05) is 19.0 Å². The average Bonchev–Trinajstić information content (AvgIpc) is 2.93. The molecule has 0 saturated carbocycles. The van der Waals surface area contributed by atoms with Gasteiger partial charge in [-0.1, -0.05) is 66.7 Å². The number of nitrogens with one attached hydrogen (secondary N) is 1. The van der Waals surface area contributed by atoms with Gasteiger partial charge in [-0.05, 0) is 43.7 Å². The van der Waals surface area contributed by atoms with Crippen LogP contribution in [0, 0.1) is 0 Å². The van der Waals surface area contributed by atoms with Gasteiger partial charge in [-0.2, -0.15) is 0 Å². The topological polar surface area (TPSA) is 69.6 Å². The molecule has 186 valence electrons. The lowest BCUT2D eigenvalue weighted by Crippen LogP contribution is -2.33. The predicted molar refractivity (Wildman–Crippen MR) is 145 cm³/mol. The fourth-order valence-corrected chi connectivity index (χ4v) is 4.99. The molecule has 0 radical (unpaired) electrons. The summed E-state index contributed by atoms with van der Waals surface area (Å²) in [5.41, 5.74) is 5.02. The molecule has 3 aromatic carbocycles. The van der Waals surface area contributed by atoms with Crippen LogP contribution in [-0.2, 0) is 9.53 Å². The molecule has 6 heteroatoms. The molecule has 37 heavy (non-hydrogen) atoms. The van der Waals surface area contributed by atoms with Crippen LogP contribution in [-0.4, -0.2) is 24.3 Å². The van der Waals surface area contributed by atoms with Gasteiger partial charge in [0.25, 0.3) is 5.56 Å². The lowest BCUT2D eigenvalue weighted by Gasteiger charge is -2.31. The largest absolute Gasteiger partial charge is 0.496 e. The second-order valence-electron chi connectivity index (χ2n) is 8.76. The van der Waals surface area contributed by atoms with Crippen molar-refractivity contribution < 1.29 is 14.3 Å². The van der Waals surface area contributed by atoms with E-state index < -0.39 is 11.9 Å². The number of hydrogen-bond acceptors (Lipinski definition) is 5. The number of para-hydroxylation sites is 2. The molecule has 0 aliphatic carbocycles. The van der Waals surface area contributed by atoms with Crippen molar-refractivity contribution in [1.29, 1.82) is 0 Å². The summed E-state index contributed by atoms with van der Waals surface area (Å²) in [6.07, 6.45) is 0. The van der Waals surface area contributed by atoms with E-state index in [0.717, 1.165) is 22.5 Å². The number of anilines is 1. The van der Waals surface area contributed by atoms with Crippen LogP contribution in [0.15, 0.2) is 107 Å². The van der Waals surface area contributed by atoms with Crippen molar-refractivity contribution in [1.82, 2.24) is 4.57 Å². The Morgan fingerprint density at radius 1 is 0.946 bits per heavy atom. The van der Waals surface area contributed by atoms with E-state index in [9.17, 15) is 9.59 Å². The molecule has 1 unspecified atom stereocenters. The van der Waals surface area contributed by atoms with Crippen molar-refractivity contribution in [3.63, 3.8) is 0 Å². The van der Waals surface area contributed by atoms with Crippen LogP contribution in [0.5, 0.6) is 5.75 Å². The SMILES string of the molecule is CCOC(=O)C1=C(C)Nc2cc(-c3ccccc3)n(-c3ccccc3)c(=O)c2C1c1ccccc1OC. The Balaban J connectivity index is 1.87. The Morgan fingerprint density at radius 3 is 2.27 bits per heavy atom. The molecule has 2 heterocycles. The molecule has 0 bridgehead atoms. The van der Waals surface area contributed by atoms with Gasteiger partial charge in [0.05, 0.1) is 42.2 Å². The Labute approximate surface area is 215 Å². The van der Waals surface area contributed by atoms with Crippen LogP contribution in [0.1, 0.15) is 30.9 Å². The van der Waals surface area contributed by atoms with Crippen LogP contribution < -0.4 is 15.6 Å². The second-order valence-corrected chi connectivity index (χ2v) is 8.76. The first kappa shape index (κ1) is 24.1. The first-order chi connectivity index (χ1) is 18.0. The van der Waals surface area contributed by atoms with Gasteiger partial charge >= 0.3 is 5.97 Å². The van der Waals surface area contributed by atoms with Crippen molar-refractivity contribution in [2.24, 2.45) is 0 Å². The fraction of sp³-hybridized carbons (Fsp3) is 0.161. The van der Waals surface area contributed by atoms with Gasteiger partial charge in [0.2, 0.25) is 0 Å². The number of hydrogen-bond donors (Lipinski definition) is 1. The van der Waals surface area contributed by atoms with Crippen LogP contribution in [0.2, 0.25) is 0 Å². The number of pyridine rings is 1. The number of benzene rings is 3. The van der Waals surface area contributed by atoms with Crippen molar-refractivity contribution in [2.45, 2.75) is 19.8 Å². The Hall–Kier alpha value is -4.58. The van der Waals surface area contributed by atoms with Crippen molar-refractivity contribution in [3.8, 4) is 22.7 Å². The second kappa shape index (κ2) is 10.2. The number of ether oxygens (including phenoxy) is 2. The minimum absolute atomic E-state index is 0.222. The molecular formula is C31H28N2O4. The van der Waals surface area contributed by atoms with E-state index in [2.05, 4.69) is 5.32 Å². The Morgan fingerprint density at radius 2 is 1.59 bits per heavy atom. The number of carbonyl (C=O) groups is 1. The van der Waals surface area contributed by atoms with Crippen LogP contribution in [0.25, 0.3) is 16.9 Å². The van der Waals surface area contributed by atoms with E-state index in [-0.39, 0.29) is 12.2 Å². The number of aromatic nitrogens is 1. The summed E-state index contributed by atoms with van der Waals surface area (Å²) >= 11 is 0. The highest BCUT2D eigenvalue weighted by Crippen LogP contribution is 2.44. The summed E-state index contributed by atoms with van der Waals surface area (Å²) < 4.78 is 12.8. The van der Waals surface area contributed by atoms with E-state index in [1.807, 2.05) is 97.9 Å². The fourth-order valence-electron chi connectivity index (χ4n) is 4.99. The number of allylic oxidation sites excluding steroid dienone is 1. The molecule has 1 aliphatic rings. The molecule has 4 aromatic rings. The van der Waals surface area contributed by atoms with E-state index in [1.54, 1.807) is 18.6 Å². The molecule has 1 N–H and O–H groups in total. The highest BCUT2D eigenvalue weighted by atomic mass is 16.5. The average molecular weight is 493 g/mol. The number of nitrogens with zero attached hydrogens (tertiary/aromatic N) is 1. The number of methoxy groups -OCH3 is 1. The third kappa shape index (κ3) is 4.31. The standard InChI is InChI=1S/C31H28N2O4/c1-4-37-31(35)27-20(2)32-24-19-25(21-13-7-5-8-14-21)33(22-15-9-6-10-16-22)30(34)29(24)28(27)23-17-11-12-18-26(23)36-3/h5-19,28,32H,4H2,1-3H3. The lowest BCUT2D eigenvalue weighted by molar-refractivity contribution is -0.138. The van der Waals surface area contributed by atoms with E-state index in [0.29, 0.717) is 28.3 Å². The molecule has 6 nitrogen and oxygen atoms in total. The molecule has 1 atom stereocenters. The van der Waals surface area contributed by atoms with Gasteiger partial charge in [0.1, 0.15) is 5.75 Å². The number of carbonyl (C=O) groups excluding carboxylic acids is 1. The molecule has 0 spiro atoms. The first-order valence-electron chi connectivity index (χ1n) is 12.2. The molecular weight excluding hydrogens is 464 g/mol. The van der Waals surface area contributed by atoms with Crippen molar-refractivity contribution in [3.05, 3.63) is 124 Å². The first-order valence-corrected chi connectivity index (χ1v) is 12.2. The summed E-state index contributed by atoms with van der Waals surface area (Å²) in [5, 5.41) is 3.34. The molecule has 1 aromatic heterocycles. The van der Waals surface area contributed by atoms with Crippen LogP contribution in [0.3, 0.4) is 0 Å². The van der Waals surface area contributed by atoms with Gasteiger partial charge in [-0.25, -0.2) is 4.79 Å². The number of fused-ring (bicyclic) bond motifs is 1. The molecule has 0 fully saturated rings. The maximum absolute atomic E-state index is 14.5. The predicted octanol–water partition coefficient (Wildman–Crippen LogP) is 5.91. The number of esters is 1. The summed E-state index contributed by atoms with van der Waals surface area (Å²) in [4.78, 5) is 27.8. The van der Waals surface area contributed by atoms with Gasteiger partial charge in [-0.15, -0.1) is 0 Å². The van der Waals surface area contributed by atoms with Crippen molar-refractivity contribution >= 4 is 11.7 Å². The van der Waals surface area contributed by atoms with Gasteiger partial charge < -0.3 is 14.8 Å². The zero-order valence-corrected chi connectivity index (χ0v) is 21.0. The maximum atomic E-state index is 14.5. The minimum atomic E-state index is -0.682. The molecule has 1 aliphatic heterocycles. The summed E-state index contributed by atoms with van der Waals surface area (Å²) in [6, 6.07) is 28.8. The summed E-state index contributed by atoms with van der Waals surface area (Å²) in [5.74, 6) is -0.557. The zero-order chi connectivity index (χ0) is 25.9. The summed E-state index contributed by atoms with van der Waals surface area (Å²) in [7, 11) is 1.59. The van der Waals surface area contributed by atoms with E-state index in [4.69, 9.17) is 9.47 Å². The molecule has 0 amide bonds. The lowest BCUT2D eigenvalue weighted by atomic mass is 9.80. The zero-order valence-electron chi connectivity index (χ0n) is 21.0. The van der Waals surface area contributed by atoms with Gasteiger partial charge in [0, 0.05) is 16.9 Å². The minimum Gasteiger partial charge on any atom is -0.496 e. The van der Waals surface area contributed by atoms with Gasteiger partial charge in [-0.3, -0.25) is 9.36 Å².